The topological polar surface area (TPSA) is 39.9 Å². The fourth-order valence-corrected chi connectivity index (χ4v) is 3.04. The van der Waals surface area contributed by atoms with Crippen molar-refractivity contribution in [2.45, 2.75) is 25.3 Å². The molecule has 3 rings (SSSR count). The van der Waals surface area contributed by atoms with E-state index in [1.54, 1.807) is 11.3 Å². The Bertz CT molecular complexity index is 532. The van der Waals surface area contributed by atoms with Crippen molar-refractivity contribution in [2.24, 2.45) is 0 Å². The van der Waals surface area contributed by atoms with Crippen LogP contribution in [0.25, 0.3) is 10.2 Å². The van der Waals surface area contributed by atoms with Gasteiger partial charge in [-0.05, 0) is 25.0 Å². The second kappa shape index (κ2) is 4.34. The quantitative estimate of drug-likeness (QED) is 0.828. The number of rotatable bonds is 4. The maximum Gasteiger partial charge on any atom is 0.186 e. The zero-order valence-electron chi connectivity index (χ0n) is 9.47. The van der Waals surface area contributed by atoms with Gasteiger partial charge >= 0.3 is 0 Å². The van der Waals surface area contributed by atoms with Crippen LogP contribution in [-0.2, 0) is 0 Å². The van der Waals surface area contributed by atoms with Crippen molar-refractivity contribution < 1.29 is 0 Å². The molecule has 1 aromatic carbocycles. The molecule has 0 aliphatic heterocycles. The number of fused-ring (bicyclic) bond motifs is 1. The van der Waals surface area contributed by atoms with Gasteiger partial charge in [0, 0.05) is 12.6 Å². The largest absolute Gasteiger partial charge is 0.344 e. The molecule has 0 unspecified atom stereocenters. The predicted octanol–water partition coefficient (Wildman–Crippen LogP) is 3.18. The van der Waals surface area contributed by atoms with Gasteiger partial charge in [0.15, 0.2) is 5.13 Å². The van der Waals surface area contributed by atoms with Crippen molar-refractivity contribution >= 4 is 26.7 Å². The highest BCUT2D eigenvalue weighted by Crippen LogP contribution is 2.36. The normalized spacial score (nSPS) is 14.8. The predicted molar refractivity (Wildman–Crippen MR) is 70.2 cm³/mol. The van der Waals surface area contributed by atoms with Crippen molar-refractivity contribution in [3.63, 3.8) is 0 Å². The molecule has 2 aromatic rings. The van der Waals surface area contributed by atoms with E-state index in [1.165, 1.54) is 17.5 Å². The summed E-state index contributed by atoms with van der Waals surface area (Å²) in [5.41, 5.74) is 1.06. The summed E-state index contributed by atoms with van der Waals surface area (Å²) in [6, 6.07) is 11.0. The minimum Gasteiger partial charge on any atom is -0.344 e. The molecule has 86 valence electrons. The van der Waals surface area contributed by atoms with Crippen molar-refractivity contribution in [3.8, 4) is 6.07 Å². The maximum absolute atomic E-state index is 8.71. The number of hydrogen-bond donors (Lipinski definition) is 0. The van der Waals surface area contributed by atoms with Crippen molar-refractivity contribution in [1.29, 1.82) is 5.26 Å². The molecule has 1 aliphatic carbocycles. The van der Waals surface area contributed by atoms with E-state index in [2.05, 4.69) is 22.0 Å². The lowest BCUT2D eigenvalue weighted by molar-refractivity contribution is 0.790. The van der Waals surface area contributed by atoms with Gasteiger partial charge in [0.25, 0.3) is 0 Å². The fourth-order valence-electron chi connectivity index (χ4n) is 1.97. The first-order chi connectivity index (χ1) is 8.38. The van der Waals surface area contributed by atoms with Crippen molar-refractivity contribution in [1.82, 2.24) is 4.98 Å². The molecule has 0 bridgehead atoms. The molecule has 0 spiro atoms. The third kappa shape index (κ3) is 2.11. The zero-order valence-corrected chi connectivity index (χ0v) is 10.3. The van der Waals surface area contributed by atoms with Crippen molar-refractivity contribution in [2.75, 3.05) is 11.4 Å². The standard InChI is InChI=1S/C13H13N3S/c14-8-3-9-16(10-6-7-10)13-15-11-4-1-2-5-12(11)17-13/h1-2,4-5,10H,3,6-7,9H2. The van der Waals surface area contributed by atoms with Crippen LogP contribution < -0.4 is 4.90 Å². The number of hydrogen-bond acceptors (Lipinski definition) is 4. The summed E-state index contributed by atoms with van der Waals surface area (Å²) in [5, 5.41) is 9.78. The summed E-state index contributed by atoms with van der Waals surface area (Å²) in [7, 11) is 0. The summed E-state index contributed by atoms with van der Waals surface area (Å²) >= 11 is 1.73. The molecule has 0 saturated heterocycles. The molecule has 1 heterocycles. The number of para-hydroxylation sites is 1. The van der Waals surface area contributed by atoms with E-state index in [0.29, 0.717) is 12.5 Å². The summed E-state index contributed by atoms with van der Waals surface area (Å²) < 4.78 is 1.23. The fraction of sp³-hybridized carbons (Fsp3) is 0.385. The molecule has 1 aliphatic rings. The Hall–Kier alpha value is -1.60. The first-order valence-corrected chi connectivity index (χ1v) is 6.69. The summed E-state index contributed by atoms with van der Waals surface area (Å²) in [5.74, 6) is 0. The van der Waals surface area contributed by atoms with Gasteiger partial charge in [-0.15, -0.1) is 0 Å². The first-order valence-electron chi connectivity index (χ1n) is 5.87. The van der Waals surface area contributed by atoms with Gasteiger partial charge in [-0.2, -0.15) is 5.26 Å². The lowest BCUT2D eigenvalue weighted by Crippen LogP contribution is -2.26. The molecule has 1 fully saturated rings. The van der Waals surface area contributed by atoms with Gasteiger partial charge in [-0.1, -0.05) is 23.5 Å². The lowest BCUT2D eigenvalue weighted by atomic mass is 10.3. The Labute approximate surface area is 104 Å². The second-order valence-corrected chi connectivity index (χ2v) is 5.31. The number of thiazole rings is 1. The second-order valence-electron chi connectivity index (χ2n) is 4.30. The highest BCUT2D eigenvalue weighted by Gasteiger charge is 2.30. The van der Waals surface area contributed by atoms with E-state index in [4.69, 9.17) is 5.26 Å². The van der Waals surface area contributed by atoms with Crippen LogP contribution in [0.5, 0.6) is 0 Å². The van der Waals surface area contributed by atoms with Crippen LogP contribution in [0.2, 0.25) is 0 Å². The van der Waals surface area contributed by atoms with Crippen LogP contribution >= 0.6 is 11.3 Å². The maximum atomic E-state index is 8.71. The Kier molecular flexibility index (Phi) is 2.69. The van der Waals surface area contributed by atoms with E-state index in [1.807, 2.05) is 18.2 Å². The Morgan fingerprint density at radius 1 is 1.41 bits per heavy atom. The van der Waals surface area contributed by atoms with E-state index in [9.17, 15) is 0 Å². The number of anilines is 1. The van der Waals surface area contributed by atoms with Crippen LogP contribution in [0.15, 0.2) is 24.3 Å². The van der Waals surface area contributed by atoms with Crippen LogP contribution in [0.1, 0.15) is 19.3 Å². The van der Waals surface area contributed by atoms with Gasteiger partial charge in [0.2, 0.25) is 0 Å². The Morgan fingerprint density at radius 3 is 2.94 bits per heavy atom. The molecule has 1 saturated carbocycles. The van der Waals surface area contributed by atoms with Crippen LogP contribution in [-0.4, -0.2) is 17.6 Å². The number of aromatic nitrogens is 1. The molecule has 3 nitrogen and oxygen atoms in total. The summed E-state index contributed by atoms with van der Waals surface area (Å²) in [4.78, 5) is 6.96. The summed E-state index contributed by atoms with van der Waals surface area (Å²) in [6.45, 7) is 0.807. The van der Waals surface area contributed by atoms with Crippen molar-refractivity contribution in [3.05, 3.63) is 24.3 Å². The molecule has 0 radical (unpaired) electrons. The SMILES string of the molecule is N#CCCN(c1nc2ccccc2s1)C1CC1. The smallest absolute Gasteiger partial charge is 0.186 e. The average molecular weight is 243 g/mol. The van der Waals surface area contributed by atoms with E-state index in [-0.39, 0.29) is 0 Å². The Morgan fingerprint density at radius 2 is 2.24 bits per heavy atom. The van der Waals surface area contributed by atoms with E-state index < -0.39 is 0 Å². The monoisotopic (exact) mass is 243 g/mol. The number of benzene rings is 1. The van der Waals surface area contributed by atoms with Gasteiger partial charge in [-0.3, -0.25) is 0 Å². The first kappa shape index (κ1) is 10.5. The third-order valence-corrected chi connectivity index (χ3v) is 4.05. The molecule has 0 atom stereocenters. The summed E-state index contributed by atoms with van der Waals surface area (Å²) in [6.07, 6.45) is 3.05. The van der Waals surface area contributed by atoms with Crippen LogP contribution in [0, 0.1) is 11.3 Å². The lowest BCUT2D eigenvalue weighted by Gasteiger charge is -2.19. The highest BCUT2D eigenvalue weighted by atomic mass is 32.1. The van der Waals surface area contributed by atoms with E-state index in [0.717, 1.165) is 17.2 Å². The van der Waals surface area contributed by atoms with Crippen LogP contribution in [0.3, 0.4) is 0 Å². The van der Waals surface area contributed by atoms with Crippen LogP contribution in [0.4, 0.5) is 5.13 Å². The molecular formula is C13H13N3S. The average Bonchev–Trinajstić information content (AvgIpc) is 3.09. The molecule has 1 aromatic heterocycles. The third-order valence-electron chi connectivity index (χ3n) is 2.98. The molecular weight excluding hydrogens is 230 g/mol. The number of nitriles is 1. The zero-order chi connectivity index (χ0) is 11.7. The van der Waals surface area contributed by atoms with Gasteiger partial charge in [0.05, 0.1) is 22.7 Å². The minimum atomic E-state index is 0.576. The van der Waals surface area contributed by atoms with Gasteiger partial charge in [-0.25, -0.2) is 4.98 Å². The molecule has 17 heavy (non-hydrogen) atoms. The van der Waals surface area contributed by atoms with E-state index >= 15 is 0 Å². The number of nitrogens with zero attached hydrogens (tertiary/aromatic N) is 3. The molecule has 4 heteroatoms. The minimum absolute atomic E-state index is 0.576. The Balaban J connectivity index is 1.91. The molecule has 0 N–H and O–H groups in total. The van der Waals surface area contributed by atoms with Gasteiger partial charge < -0.3 is 4.90 Å². The molecule has 0 amide bonds. The van der Waals surface area contributed by atoms with Gasteiger partial charge in [0.1, 0.15) is 0 Å². The highest BCUT2D eigenvalue weighted by molar-refractivity contribution is 7.22.